The van der Waals surface area contributed by atoms with Crippen LogP contribution in [0.3, 0.4) is 0 Å². The molecule has 0 aliphatic heterocycles. The zero-order valence-electron chi connectivity index (χ0n) is 6.52. The maximum Gasteiger partial charge on any atom is 0.156 e. The van der Waals surface area contributed by atoms with Gasteiger partial charge in [0.2, 0.25) is 0 Å². The first-order valence-corrected chi connectivity index (χ1v) is 3.91. The lowest BCUT2D eigenvalue weighted by Crippen LogP contribution is -2.03. The second-order valence-electron chi connectivity index (χ2n) is 1.95. The first-order valence-electron chi connectivity index (χ1n) is 3.10. The van der Waals surface area contributed by atoms with E-state index in [0.717, 1.165) is 11.8 Å². The number of thioether (sulfide) groups is 1. The van der Waals surface area contributed by atoms with Crippen molar-refractivity contribution in [1.82, 2.24) is 4.98 Å². The SMILES string of the molecule is Cl.N#Cc1ccncc1SC(=N)N. The molecule has 68 valence electrons. The van der Waals surface area contributed by atoms with E-state index in [9.17, 15) is 0 Å². The summed E-state index contributed by atoms with van der Waals surface area (Å²) in [6.45, 7) is 0. The maximum atomic E-state index is 8.63. The number of hydrogen-bond donors (Lipinski definition) is 2. The van der Waals surface area contributed by atoms with Crippen molar-refractivity contribution < 1.29 is 0 Å². The summed E-state index contributed by atoms with van der Waals surface area (Å²) in [6.07, 6.45) is 3.05. The Morgan fingerprint density at radius 3 is 2.92 bits per heavy atom. The molecular formula is C7H7ClN4S. The maximum absolute atomic E-state index is 8.63. The minimum atomic E-state index is -0.0421. The van der Waals surface area contributed by atoms with Gasteiger partial charge in [-0.15, -0.1) is 12.4 Å². The number of nitrogens with two attached hydrogens (primary N) is 1. The van der Waals surface area contributed by atoms with E-state index in [-0.39, 0.29) is 17.6 Å². The van der Waals surface area contributed by atoms with E-state index in [1.54, 1.807) is 6.07 Å². The van der Waals surface area contributed by atoms with Crippen LogP contribution in [0.4, 0.5) is 0 Å². The van der Waals surface area contributed by atoms with Gasteiger partial charge >= 0.3 is 0 Å². The minimum Gasteiger partial charge on any atom is -0.378 e. The number of halogens is 1. The third kappa shape index (κ3) is 3.32. The molecule has 0 aromatic carbocycles. The monoisotopic (exact) mass is 214 g/mol. The molecule has 0 amide bonds. The van der Waals surface area contributed by atoms with Crippen molar-refractivity contribution in [2.75, 3.05) is 0 Å². The Kier molecular flexibility index (Phi) is 4.89. The van der Waals surface area contributed by atoms with Crippen LogP contribution in [-0.2, 0) is 0 Å². The minimum absolute atomic E-state index is 0. The topological polar surface area (TPSA) is 86.5 Å². The summed E-state index contributed by atoms with van der Waals surface area (Å²) in [7, 11) is 0. The fourth-order valence-corrected chi connectivity index (χ4v) is 1.25. The molecule has 0 saturated carbocycles. The van der Waals surface area contributed by atoms with Crippen molar-refractivity contribution in [2.45, 2.75) is 4.90 Å². The van der Waals surface area contributed by atoms with Crippen LogP contribution < -0.4 is 5.73 Å². The molecule has 0 spiro atoms. The standard InChI is InChI=1S/C7H6N4S.ClH/c8-3-5-1-2-11-4-6(5)12-7(9)10;/h1-2,4H,(H3,9,10);1H. The van der Waals surface area contributed by atoms with Gasteiger partial charge in [0.25, 0.3) is 0 Å². The molecule has 1 heterocycles. The third-order valence-corrected chi connectivity index (χ3v) is 1.89. The predicted octanol–water partition coefficient (Wildman–Crippen LogP) is 1.36. The van der Waals surface area contributed by atoms with E-state index in [0.29, 0.717) is 10.5 Å². The van der Waals surface area contributed by atoms with Crippen LogP contribution in [-0.4, -0.2) is 10.2 Å². The highest BCUT2D eigenvalue weighted by Gasteiger charge is 2.02. The van der Waals surface area contributed by atoms with Gasteiger partial charge in [-0.25, -0.2) is 0 Å². The zero-order valence-corrected chi connectivity index (χ0v) is 8.15. The van der Waals surface area contributed by atoms with Gasteiger partial charge in [0.1, 0.15) is 6.07 Å². The fraction of sp³-hybridized carbons (Fsp3) is 0. The Labute approximate surface area is 86.1 Å². The second-order valence-corrected chi connectivity index (χ2v) is 3.03. The van der Waals surface area contributed by atoms with Crippen LogP contribution in [0.15, 0.2) is 23.4 Å². The van der Waals surface area contributed by atoms with Crippen LogP contribution in [0.25, 0.3) is 0 Å². The van der Waals surface area contributed by atoms with Crippen LogP contribution in [0.2, 0.25) is 0 Å². The van der Waals surface area contributed by atoms with Gasteiger partial charge in [0.05, 0.1) is 10.5 Å². The molecule has 0 saturated heterocycles. The summed E-state index contributed by atoms with van der Waals surface area (Å²) in [5.41, 5.74) is 5.65. The van der Waals surface area contributed by atoms with Gasteiger partial charge in [0.15, 0.2) is 5.17 Å². The number of amidine groups is 1. The van der Waals surface area contributed by atoms with Crippen LogP contribution >= 0.6 is 24.2 Å². The normalized spacial score (nSPS) is 8.23. The molecule has 0 unspecified atom stereocenters. The van der Waals surface area contributed by atoms with Crippen molar-refractivity contribution >= 4 is 29.3 Å². The Bertz CT molecular complexity index is 347. The number of hydrogen-bond acceptors (Lipinski definition) is 4. The lowest BCUT2D eigenvalue weighted by atomic mass is 10.3. The van der Waals surface area contributed by atoms with Gasteiger partial charge in [-0.05, 0) is 6.07 Å². The highest BCUT2D eigenvalue weighted by Crippen LogP contribution is 2.19. The Morgan fingerprint density at radius 2 is 2.38 bits per heavy atom. The fourth-order valence-electron chi connectivity index (χ4n) is 0.672. The Balaban J connectivity index is 0.00000144. The molecule has 0 fully saturated rings. The number of nitrogens with one attached hydrogen (secondary N) is 1. The van der Waals surface area contributed by atoms with Crippen molar-refractivity contribution in [1.29, 1.82) is 10.7 Å². The van der Waals surface area contributed by atoms with E-state index in [4.69, 9.17) is 16.4 Å². The lowest BCUT2D eigenvalue weighted by Gasteiger charge is -1.98. The third-order valence-electron chi connectivity index (χ3n) is 1.12. The zero-order chi connectivity index (χ0) is 8.97. The number of nitriles is 1. The molecule has 0 bridgehead atoms. The summed E-state index contributed by atoms with van der Waals surface area (Å²) in [5, 5.41) is 15.6. The molecule has 1 aromatic heterocycles. The van der Waals surface area contributed by atoms with E-state index in [2.05, 4.69) is 4.98 Å². The smallest absolute Gasteiger partial charge is 0.156 e. The molecule has 13 heavy (non-hydrogen) atoms. The van der Waals surface area contributed by atoms with Gasteiger partial charge in [-0.1, -0.05) is 11.8 Å². The first kappa shape index (κ1) is 11.8. The van der Waals surface area contributed by atoms with E-state index >= 15 is 0 Å². The molecule has 0 atom stereocenters. The molecule has 1 aromatic rings. The number of rotatable bonds is 1. The van der Waals surface area contributed by atoms with Crippen molar-refractivity contribution in [3.8, 4) is 6.07 Å². The molecule has 3 N–H and O–H groups in total. The van der Waals surface area contributed by atoms with E-state index < -0.39 is 0 Å². The average Bonchev–Trinajstić information content (AvgIpc) is 2.04. The summed E-state index contributed by atoms with van der Waals surface area (Å²) >= 11 is 1.03. The molecular weight excluding hydrogens is 208 g/mol. The van der Waals surface area contributed by atoms with Crippen molar-refractivity contribution in [3.63, 3.8) is 0 Å². The van der Waals surface area contributed by atoms with Gasteiger partial charge < -0.3 is 5.73 Å². The van der Waals surface area contributed by atoms with Crippen molar-refractivity contribution in [3.05, 3.63) is 24.0 Å². The average molecular weight is 215 g/mol. The van der Waals surface area contributed by atoms with Crippen LogP contribution in [0.1, 0.15) is 5.56 Å². The molecule has 6 heteroatoms. The van der Waals surface area contributed by atoms with Gasteiger partial charge in [-0.2, -0.15) is 5.26 Å². The van der Waals surface area contributed by atoms with E-state index in [1.807, 2.05) is 6.07 Å². The number of nitrogens with zero attached hydrogens (tertiary/aromatic N) is 2. The summed E-state index contributed by atoms with van der Waals surface area (Å²) in [4.78, 5) is 4.44. The summed E-state index contributed by atoms with van der Waals surface area (Å²) < 4.78 is 0. The largest absolute Gasteiger partial charge is 0.378 e. The summed E-state index contributed by atoms with van der Waals surface area (Å²) in [5.74, 6) is 0. The van der Waals surface area contributed by atoms with Gasteiger partial charge in [-0.3, -0.25) is 10.4 Å². The Morgan fingerprint density at radius 1 is 1.69 bits per heavy atom. The number of aromatic nitrogens is 1. The Hall–Kier alpha value is -1.25. The summed E-state index contributed by atoms with van der Waals surface area (Å²) in [6, 6.07) is 3.58. The molecule has 0 radical (unpaired) electrons. The molecule has 1 rings (SSSR count). The highest BCUT2D eigenvalue weighted by molar-refractivity contribution is 8.13. The predicted molar refractivity (Wildman–Crippen MR) is 54.0 cm³/mol. The lowest BCUT2D eigenvalue weighted by molar-refractivity contribution is 1.21. The quantitative estimate of drug-likeness (QED) is 0.420. The highest BCUT2D eigenvalue weighted by atomic mass is 35.5. The molecule has 0 aliphatic rings. The van der Waals surface area contributed by atoms with E-state index in [1.165, 1.54) is 12.4 Å². The van der Waals surface area contributed by atoms with Gasteiger partial charge in [0, 0.05) is 12.4 Å². The van der Waals surface area contributed by atoms with Crippen molar-refractivity contribution in [2.24, 2.45) is 5.73 Å². The van der Waals surface area contributed by atoms with Crippen LogP contribution in [0, 0.1) is 16.7 Å². The molecule has 4 nitrogen and oxygen atoms in total. The second kappa shape index (κ2) is 5.41. The van der Waals surface area contributed by atoms with Crippen LogP contribution in [0.5, 0.6) is 0 Å². The molecule has 0 aliphatic carbocycles. The first-order chi connectivity index (χ1) is 5.74. The number of pyridine rings is 1.